The highest BCUT2D eigenvalue weighted by atomic mass is 16.5. The number of nitrogens with one attached hydrogen (secondary N) is 1. The van der Waals surface area contributed by atoms with Crippen LogP contribution in [0.25, 0.3) is 0 Å². The zero-order valence-corrected chi connectivity index (χ0v) is 17.2. The molecule has 2 aromatic rings. The van der Waals surface area contributed by atoms with Crippen LogP contribution in [0, 0.1) is 5.92 Å². The van der Waals surface area contributed by atoms with Crippen molar-refractivity contribution in [3.8, 4) is 11.5 Å². The number of ketones is 1. The third-order valence-electron chi connectivity index (χ3n) is 5.78. The molecular weight excluding hydrogens is 402 g/mol. The molecule has 0 saturated carbocycles. The predicted molar refractivity (Wildman–Crippen MR) is 108 cm³/mol. The van der Waals surface area contributed by atoms with Crippen molar-refractivity contribution in [1.82, 2.24) is 5.32 Å². The molecule has 8 nitrogen and oxygen atoms in total. The molecule has 0 unspecified atom stereocenters. The van der Waals surface area contributed by atoms with Crippen LogP contribution in [0.4, 0.5) is 0 Å². The summed E-state index contributed by atoms with van der Waals surface area (Å²) in [4.78, 5) is 38.9. The monoisotopic (exact) mass is 425 g/mol. The molecule has 1 aromatic carbocycles. The Balaban J connectivity index is 1.81. The number of ether oxygens (including phenoxy) is 2. The minimum absolute atomic E-state index is 0.0411. The fourth-order valence-electron chi connectivity index (χ4n) is 4.42. The molecule has 4 rings (SSSR count). The summed E-state index contributed by atoms with van der Waals surface area (Å²) < 4.78 is 15.9. The van der Waals surface area contributed by atoms with E-state index in [-0.39, 0.29) is 36.9 Å². The normalized spacial score (nSPS) is 23.2. The van der Waals surface area contributed by atoms with Crippen molar-refractivity contribution in [2.24, 2.45) is 5.92 Å². The van der Waals surface area contributed by atoms with Gasteiger partial charge in [0.1, 0.15) is 11.7 Å². The quantitative estimate of drug-likeness (QED) is 0.559. The molecule has 3 atom stereocenters. The van der Waals surface area contributed by atoms with Gasteiger partial charge >= 0.3 is 5.97 Å². The summed E-state index contributed by atoms with van der Waals surface area (Å²) in [6, 6.07) is 8.12. The smallest absolute Gasteiger partial charge is 0.317 e. The van der Waals surface area contributed by atoms with Crippen LogP contribution in [0.1, 0.15) is 42.9 Å². The van der Waals surface area contributed by atoms with Crippen LogP contribution in [-0.2, 0) is 19.1 Å². The average molecular weight is 425 g/mol. The van der Waals surface area contributed by atoms with E-state index in [4.69, 9.17) is 13.9 Å². The summed E-state index contributed by atoms with van der Waals surface area (Å²) in [5.41, 5.74) is 1.51. The molecule has 0 saturated heterocycles. The number of aromatic hydroxyl groups is 1. The Hall–Kier alpha value is -3.55. The van der Waals surface area contributed by atoms with Crippen molar-refractivity contribution in [2.75, 3.05) is 13.7 Å². The van der Waals surface area contributed by atoms with Gasteiger partial charge in [-0.3, -0.25) is 14.4 Å². The number of hydrogen-bond donors (Lipinski definition) is 2. The van der Waals surface area contributed by atoms with Crippen molar-refractivity contribution in [3.05, 3.63) is 59.2 Å². The SMILES string of the molecule is CCOC(=O)[C@@H]1C(=O)C2=C(C[C@H]1c1ccco1)NC(=O)C[C@@H]2c1ccc(O)c(OC)c1. The molecule has 162 valence electrons. The van der Waals surface area contributed by atoms with Crippen LogP contribution < -0.4 is 10.1 Å². The van der Waals surface area contributed by atoms with E-state index in [0.717, 1.165) is 0 Å². The lowest BCUT2D eigenvalue weighted by atomic mass is 9.69. The second-order valence-electron chi connectivity index (χ2n) is 7.55. The minimum Gasteiger partial charge on any atom is -0.504 e. The Morgan fingerprint density at radius 2 is 2.06 bits per heavy atom. The Morgan fingerprint density at radius 3 is 2.74 bits per heavy atom. The molecule has 0 fully saturated rings. The van der Waals surface area contributed by atoms with Gasteiger partial charge in [-0.1, -0.05) is 6.07 Å². The van der Waals surface area contributed by atoms with E-state index in [1.165, 1.54) is 19.4 Å². The van der Waals surface area contributed by atoms with Gasteiger partial charge in [0.2, 0.25) is 5.91 Å². The average Bonchev–Trinajstić information content (AvgIpc) is 3.28. The van der Waals surface area contributed by atoms with Gasteiger partial charge in [0.15, 0.2) is 17.3 Å². The fraction of sp³-hybridized carbons (Fsp3) is 0.348. The van der Waals surface area contributed by atoms with Gasteiger partial charge in [0.25, 0.3) is 0 Å². The lowest BCUT2D eigenvalue weighted by Crippen LogP contribution is -2.44. The number of phenolic OH excluding ortho intramolecular Hbond substituents is 1. The van der Waals surface area contributed by atoms with Crippen molar-refractivity contribution >= 4 is 17.7 Å². The van der Waals surface area contributed by atoms with Gasteiger partial charge in [-0.2, -0.15) is 0 Å². The molecule has 8 heteroatoms. The lowest BCUT2D eigenvalue weighted by Gasteiger charge is -2.37. The molecule has 31 heavy (non-hydrogen) atoms. The van der Waals surface area contributed by atoms with E-state index < -0.39 is 29.5 Å². The number of carbonyl (C=O) groups excluding carboxylic acids is 3. The number of allylic oxidation sites excluding steroid dienone is 2. The number of carbonyl (C=O) groups is 3. The summed E-state index contributed by atoms with van der Waals surface area (Å²) in [6.07, 6.45) is 1.78. The molecule has 2 aliphatic rings. The van der Waals surface area contributed by atoms with Crippen LogP contribution in [0.5, 0.6) is 11.5 Å². The van der Waals surface area contributed by atoms with Gasteiger partial charge < -0.3 is 24.3 Å². The lowest BCUT2D eigenvalue weighted by molar-refractivity contribution is -0.152. The largest absolute Gasteiger partial charge is 0.504 e. The second-order valence-corrected chi connectivity index (χ2v) is 7.55. The fourth-order valence-corrected chi connectivity index (χ4v) is 4.42. The van der Waals surface area contributed by atoms with Crippen molar-refractivity contribution in [2.45, 2.75) is 31.6 Å². The summed E-state index contributed by atoms with van der Waals surface area (Å²) in [7, 11) is 1.42. The maximum Gasteiger partial charge on any atom is 0.317 e. The van der Waals surface area contributed by atoms with Crippen molar-refractivity contribution < 1.29 is 33.4 Å². The molecule has 1 aliphatic carbocycles. The van der Waals surface area contributed by atoms with Crippen molar-refractivity contribution in [3.63, 3.8) is 0 Å². The van der Waals surface area contributed by atoms with Gasteiger partial charge in [-0.25, -0.2) is 0 Å². The minimum atomic E-state index is -1.07. The van der Waals surface area contributed by atoms with E-state index in [2.05, 4.69) is 5.32 Å². The third-order valence-corrected chi connectivity index (χ3v) is 5.78. The van der Waals surface area contributed by atoms with E-state index in [0.29, 0.717) is 22.6 Å². The number of methoxy groups -OCH3 is 1. The van der Waals surface area contributed by atoms with E-state index in [1.807, 2.05) is 0 Å². The number of esters is 1. The maximum absolute atomic E-state index is 13.7. The number of Topliss-reactive ketones (excluding diaryl/α,β-unsaturated/α-hetero) is 1. The Morgan fingerprint density at radius 1 is 1.26 bits per heavy atom. The maximum atomic E-state index is 13.7. The second kappa shape index (κ2) is 8.29. The molecule has 0 bridgehead atoms. The Labute approximate surface area is 178 Å². The first-order chi connectivity index (χ1) is 14.9. The van der Waals surface area contributed by atoms with Crippen LogP contribution in [0.2, 0.25) is 0 Å². The zero-order chi connectivity index (χ0) is 22.1. The van der Waals surface area contributed by atoms with E-state index in [9.17, 15) is 19.5 Å². The Kier molecular flexibility index (Phi) is 5.54. The number of amides is 1. The van der Waals surface area contributed by atoms with Crippen molar-refractivity contribution in [1.29, 1.82) is 0 Å². The number of phenols is 1. The van der Waals surface area contributed by atoms with Gasteiger partial charge in [-0.05, 0) is 43.2 Å². The first kappa shape index (κ1) is 20.7. The van der Waals surface area contributed by atoms with Crippen LogP contribution in [0.15, 0.2) is 52.3 Å². The van der Waals surface area contributed by atoms with Gasteiger partial charge in [-0.15, -0.1) is 0 Å². The molecule has 0 spiro atoms. The van der Waals surface area contributed by atoms with Gasteiger partial charge in [0.05, 0.1) is 20.0 Å². The van der Waals surface area contributed by atoms with Crippen LogP contribution >= 0.6 is 0 Å². The third kappa shape index (κ3) is 3.69. The molecule has 1 amide bonds. The summed E-state index contributed by atoms with van der Waals surface area (Å²) in [5.74, 6) is -2.76. The van der Waals surface area contributed by atoms with Crippen LogP contribution in [0.3, 0.4) is 0 Å². The highest BCUT2D eigenvalue weighted by molar-refractivity contribution is 6.12. The number of furan rings is 1. The highest BCUT2D eigenvalue weighted by Crippen LogP contribution is 2.46. The first-order valence-corrected chi connectivity index (χ1v) is 10.1. The molecule has 0 radical (unpaired) electrons. The summed E-state index contributed by atoms with van der Waals surface area (Å²) in [6.45, 7) is 1.83. The Bertz CT molecular complexity index is 1050. The van der Waals surface area contributed by atoms with Crippen LogP contribution in [-0.4, -0.2) is 36.5 Å². The summed E-state index contributed by atoms with van der Waals surface area (Å²) in [5, 5.41) is 12.7. The highest BCUT2D eigenvalue weighted by Gasteiger charge is 2.48. The van der Waals surface area contributed by atoms with Gasteiger partial charge in [0, 0.05) is 29.5 Å². The topological polar surface area (TPSA) is 115 Å². The van der Waals surface area contributed by atoms with E-state index in [1.54, 1.807) is 31.2 Å². The molecule has 2 heterocycles. The predicted octanol–water partition coefficient (Wildman–Crippen LogP) is 2.79. The molecule has 2 N–H and O–H groups in total. The van der Waals surface area contributed by atoms with E-state index >= 15 is 0 Å². The number of hydrogen-bond acceptors (Lipinski definition) is 7. The number of benzene rings is 1. The zero-order valence-electron chi connectivity index (χ0n) is 17.2. The molecular formula is C23H23NO7. The number of rotatable bonds is 5. The standard InChI is InChI=1S/C23H23NO7/c1-3-30-23(28)21-14(17-5-4-8-31-17)10-15-20(22(21)27)13(11-19(26)24-15)12-6-7-16(25)18(9-12)29-2/h4-9,13-14,21,25H,3,10-11H2,1-2H3,(H,24,26)/t13-,14+,21+/m1/s1. The first-order valence-electron chi connectivity index (χ1n) is 10.1. The molecule has 1 aromatic heterocycles. The summed E-state index contributed by atoms with van der Waals surface area (Å²) >= 11 is 0. The molecule has 1 aliphatic heterocycles.